The number of carbonyl (C=O) groups is 1. The summed E-state index contributed by atoms with van der Waals surface area (Å²) in [5.74, 6) is 2.15. The summed E-state index contributed by atoms with van der Waals surface area (Å²) in [6.07, 6.45) is 1.59. The van der Waals surface area contributed by atoms with Crippen LogP contribution in [-0.4, -0.2) is 32.6 Å². The van der Waals surface area contributed by atoms with E-state index in [2.05, 4.69) is 20.9 Å². The van der Waals surface area contributed by atoms with Gasteiger partial charge in [0.1, 0.15) is 22.6 Å². The van der Waals surface area contributed by atoms with E-state index >= 15 is 0 Å². The summed E-state index contributed by atoms with van der Waals surface area (Å²) in [6.45, 7) is 4.77. The Morgan fingerprint density at radius 2 is 2.14 bits per heavy atom. The average Bonchev–Trinajstić information content (AvgIpc) is 3.36. The number of nitrogens with one attached hydrogen (secondary N) is 2. The van der Waals surface area contributed by atoms with E-state index < -0.39 is 5.25 Å². The van der Waals surface area contributed by atoms with Gasteiger partial charge >= 0.3 is 0 Å². The number of carbonyl (C=O) groups excluding carboxylic acids is 1. The lowest BCUT2D eigenvalue weighted by atomic mass is 10.0. The molecule has 9 heteroatoms. The molecule has 146 valence electrons. The van der Waals surface area contributed by atoms with Crippen LogP contribution in [0.25, 0.3) is 0 Å². The Kier molecular flexibility index (Phi) is 5.25. The molecular weight excluding hydrogens is 378 g/mol. The van der Waals surface area contributed by atoms with Gasteiger partial charge in [-0.05, 0) is 43.7 Å². The first-order valence-electron chi connectivity index (χ1n) is 9.03. The van der Waals surface area contributed by atoms with E-state index in [9.17, 15) is 4.79 Å². The highest BCUT2D eigenvalue weighted by atomic mass is 32.2. The molecule has 3 heterocycles. The fraction of sp³-hybridized carbons (Fsp3) is 0.316. The molecule has 0 saturated heterocycles. The molecule has 3 aromatic rings. The Bertz CT molecular complexity index is 939. The molecule has 0 bridgehead atoms. The van der Waals surface area contributed by atoms with Crippen LogP contribution in [0, 0.1) is 6.92 Å². The molecule has 1 aliphatic heterocycles. The maximum absolute atomic E-state index is 13.0. The van der Waals surface area contributed by atoms with E-state index in [1.54, 1.807) is 12.3 Å². The highest BCUT2D eigenvalue weighted by Gasteiger charge is 2.37. The SMILES string of the molecule is CCOc1ccc(C2Nn3c(C)nnc3SC2C(=O)NCc2ccco2)cc1. The second kappa shape index (κ2) is 7.97. The number of hydrogen-bond acceptors (Lipinski definition) is 7. The van der Waals surface area contributed by atoms with E-state index in [1.165, 1.54) is 11.8 Å². The first kappa shape index (κ1) is 18.4. The van der Waals surface area contributed by atoms with E-state index in [1.807, 2.05) is 48.9 Å². The van der Waals surface area contributed by atoms with Crippen molar-refractivity contribution < 1.29 is 13.9 Å². The summed E-state index contributed by atoms with van der Waals surface area (Å²) in [7, 11) is 0. The Hall–Kier alpha value is -2.94. The van der Waals surface area contributed by atoms with Gasteiger partial charge in [0.2, 0.25) is 11.1 Å². The molecule has 2 unspecified atom stereocenters. The van der Waals surface area contributed by atoms with Crippen LogP contribution in [0.1, 0.15) is 30.1 Å². The number of rotatable bonds is 6. The highest BCUT2D eigenvalue weighted by molar-refractivity contribution is 8.00. The van der Waals surface area contributed by atoms with Crippen molar-refractivity contribution in [2.75, 3.05) is 12.0 Å². The third-order valence-electron chi connectivity index (χ3n) is 4.42. The molecule has 28 heavy (non-hydrogen) atoms. The Balaban J connectivity index is 1.58. The molecule has 0 radical (unpaired) electrons. The second-order valence-corrected chi connectivity index (χ2v) is 7.42. The lowest BCUT2D eigenvalue weighted by Crippen LogP contribution is -2.43. The van der Waals surface area contributed by atoms with Crippen molar-refractivity contribution in [3.8, 4) is 5.75 Å². The summed E-state index contributed by atoms with van der Waals surface area (Å²) in [5, 5.41) is 11.5. The fourth-order valence-electron chi connectivity index (χ4n) is 3.04. The number of benzene rings is 1. The van der Waals surface area contributed by atoms with Crippen molar-refractivity contribution in [2.24, 2.45) is 0 Å². The minimum Gasteiger partial charge on any atom is -0.494 e. The second-order valence-electron chi connectivity index (χ2n) is 6.31. The number of amides is 1. The van der Waals surface area contributed by atoms with Gasteiger partial charge in [0.05, 0.1) is 25.5 Å². The molecule has 8 nitrogen and oxygen atoms in total. The van der Waals surface area contributed by atoms with Gasteiger partial charge in [0.15, 0.2) is 0 Å². The van der Waals surface area contributed by atoms with Crippen molar-refractivity contribution in [1.82, 2.24) is 20.2 Å². The molecule has 0 saturated carbocycles. The number of aryl methyl sites for hydroxylation is 1. The maximum atomic E-state index is 13.0. The third kappa shape index (κ3) is 3.70. The molecule has 1 aliphatic rings. The van der Waals surface area contributed by atoms with Gasteiger partial charge in [0, 0.05) is 0 Å². The lowest BCUT2D eigenvalue weighted by molar-refractivity contribution is -0.121. The van der Waals surface area contributed by atoms with Crippen molar-refractivity contribution in [3.05, 3.63) is 59.8 Å². The lowest BCUT2D eigenvalue weighted by Gasteiger charge is -2.32. The van der Waals surface area contributed by atoms with Gasteiger partial charge < -0.3 is 19.9 Å². The molecule has 1 amide bonds. The van der Waals surface area contributed by atoms with Gasteiger partial charge in [0.25, 0.3) is 0 Å². The van der Waals surface area contributed by atoms with Gasteiger partial charge in [-0.15, -0.1) is 10.2 Å². The van der Waals surface area contributed by atoms with Crippen molar-refractivity contribution in [3.63, 3.8) is 0 Å². The smallest absolute Gasteiger partial charge is 0.236 e. The maximum Gasteiger partial charge on any atom is 0.236 e. The summed E-state index contributed by atoms with van der Waals surface area (Å²) in [6, 6.07) is 11.2. The largest absolute Gasteiger partial charge is 0.494 e. The molecule has 2 N–H and O–H groups in total. The highest BCUT2D eigenvalue weighted by Crippen LogP contribution is 2.37. The van der Waals surface area contributed by atoms with Crippen molar-refractivity contribution in [1.29, 1.82) is 0 Å². The van der Waals surface area contributed by atoms with Crippen LogP contribution in [0.2, 0.25) is 0 Å². The molecule has 2 aromatic heterocycles. The third-order valence-corrected chi connectivity index (χ3v) is 5.64. The number of ether oxygens (including phenoxy) is 1. The van der Waals surface area contributed by atoms with Gasteiger partial charge in [-0.25, -0.2) is 4.68 Å². The normalized spacial score (nSPS) is 18.2. The van der Waals surface area contributed by atoms with Crippen LogP contribution in [0.4, 0.5) is 0 Å². The summed E-state index contributed by atoms with van der Waals surface area (Å²) < 4.78 is 12.6. The summed E-state index contributed by atoms with van der Waals surface area (Å²) in [4.78, 5) is 13.0. The van der Waals surface area contributed by atoms with Crippen molar-refractivity contribution >= 4 is 17.7 Å². The van der Waals surface area contributed by atoms with E-state index in [4.69, 9.17) is 9.15 Å². The van der Waals surface area contributed by atoms with Crippen LogP contribution in [0.5, 0.6) is 5.75 Å². The number of aromatic nitrogens is 3. The Labute approximate surface area is 166 Å². The van der Waals surface area contributed by atoms with Crippen LogP contribution in [-0.2, 0) is 11.3 Å². The number of furan rings is 1. The van der Waals surface area contributed by atoms with E-state index in [-0.39, 0.29) is 11.9 Å². The quantitative estimate of drug-likeness (QED) is 0.658. The standard InChI is InChI=1S/C19H21N5O3S/c1-3-26-14-8-6-13(7-9-14)16-17(18(25)20-11-15-5-4-10-27-15)28-19-22-21-12(2)24(19)23-16/h4-10,16-17,23H,3,11H2,1-2H3,(H,20,25). The average molecular weight is 399 g/mol. The van der Waals surface area contributed by atoms with Gasteiger partial charge in [-0.2, -0.15) is 0 Å². The Morgan fingerprint density at radius 1 is 1.32 bits per heavy atom. The van der Waals surface area contributed by atoms with Crippen LogP contribution in [0.15, 0.2) is 52.2 Å². The number of thioether (sulfide) groups is 1. The zero-order chi connectivity index (χ0) is 19.5. The predicted octanol–water partition coefficient (Wildman–Crippen LogP) is 2.65. The molecule has 0 aliphatic carbocycles. The first-order chi connectivity index (χ1) is 13.7. The molecular formula is C19H21N5O3S. The zero-order valence-electron chi connectivity index (χ0n) is 15.6. The topological polar surface area (TPSA) is 94.2 Å². The number of fused-ring (bicyclic) bond motifs is 1. The van der Waals surface area contributed by atoms with Crippen molar-refractivity contribution in [2.45, 2.75) is 36.8 Å². The molecule has 0 spiro atoms. The molecule has 4 rings (SSSR count). The molecule has 1 aromatic carbocycles. The van der Waals surface area contributed by atoms with E-state index in [0.717, 1.165) is 17.1 Å². The van der Waals surface area contributed by atoms with Crippen LogP contribution in [0.3, 0.4) is 0 Å². The minimum absolute atomic E-state index is 0.0975. The molecule has 2 atom stereocenters. The first-order valence-corrected chi connectivity index (χ1v) is 9.91. The number of nitrogens with zero attached hydrogens (tertiary/aromatic N) is 3. The predicted molar refractivity (Wildman–Crippen MR) is 105 cm³/mol. The Morgan fingerprint density at radius 3 is 2.86 bits per heavy atom. The van der Waals surface area contributed by atoms with Gasteiger partial charge in [-0.1, -0.05) is 23.9 Å². The van der Waals surface area contributed by atoms with Gasteiger partial charge in [-0.3, -0.25) is 4.79 Å². The minimum atomic E-state index is -0.413. The zero-order valence-corrected chi connectivity index (χ0v) is 16.4. The van der Waals surface area contributed by atoms with Crippen LogP contribution >= 0.6 is 11.8 Å². The number of hydrogen-bond donors (Lipinski definition) is 2. The monoisotopic (exact) mass is 399 g/mol. The fourth-order valence-corrected chi connectivity index (χ4v) is 4.19. The summed E-state index contributed by atoms with van der Waals surface area (Å²) >= 11 is 1.39. The molecule has 0 fully saturated rings. The summed E-state index contributed by atoms with van der Waals surface area (Å²) in [5.41, 5.74) is 4.36. The van der Waals surface area contributed by atoms with Crippen LogP contribution < -0.4 is 15.5 Å². The van der Waals surface area contributed by atoms with E-state index in [0.29, 0.717) is 24.1 Å².